The maximum atomic E-state index is 12.0. The Labute approximate surface area is 128 Å². The highest BCUT2D eigenvalue weighted by Gasteiger charge is 2.07. The van der Waals surface area contributed by atoms with Gasteiger partial charge in [-0.05, 0) is 63.5 Å². The molecule has 0 unspecified atom stereocenters. The number of nitrogen functional groups attached to an aromatic ring is 1. The first-order valence-corrected chi connectivity index (χ1v) is 7.73. The molecule has 0 bridgehead atoms. The Kier molecular flexibility index (Phi) is 7.23. The minimum atomic E-state index is 0.0564. The highest BCUT2D eigenvalue weighted by Crippen LogP contribution is 2.20. The van der Waals surface area contributed by atoms with Gasteiger partial charge >= 0.3 is 0 Å². The molecule has 0 atom stereocenters. The molecule has 1 rings (SSSR count). The molecule has 0 saturated heterocycles. The maximum absolute atomic E-state index is 12.0. The van der Waals surface area contributed by atoms with E-state index in [1.807, 2.05) is 25.1 Å². The summed E-state index contributed by atoms with van der Waals surface area (Å²) in [7, 11) is 2.11. The molecule has 0 aliphatic rings. The lowest BCUT2D eigenvalue weighted by atomic mass is 10.1. The number of nitrogens with one attached hydrogen (secondary N) is 1. The number of benzene rings is 1. The summed E-state index contributed by atoms with van der Waals surface area (Å²) < 4.78 is 0. The number of amides is 1. The molecular formula is C17H29N3O. The molecule has 0 aliphatic heterocycles. The summed E-state index contributed by atoms with van der Waals surface area (Å²) in [5, 5.41) is 2.94. The zero-order chi connectivity index (χ0) is 15.8. The number of hydrogen-bond acceptors (Lipinski definition) is 3. The van der Waals surface area contributed by atoms with E-state index in [1.165, 1.54) is 6.42 Å². The van der Waals surface area contributed by atoms with Crippen molar-refractivity contribution in [3.05, 3.63) is 23.8 Å². The van der Waals surface area contributed by atoms with Gasteiger partial charge < -0.3 is 16.0 Å². The number of nitrogens with zero attached hydrogens (tertiary/aromatic N) is 1. The molecule has 0 spiro atoms. The average molecular weight is 291 g/mol. The molecule has 0 saturated carbocycles. The smallest absolute Gasteiger partial charge is 0.224 e. The van der Waals surface area contributed by atoms with E-state index in [4.69, 9.17) is 5.73 Å². The van der Waals surface area contributed by atoms with Crippen molar-refractivity contribution in [3.8, 4) is 0 Å². The van der Waals surface area contributed by atoms with Crippen molar-refractivity contribution in [2.45, 2.75) is 40.0 Å². The molecule has 1 aromatic carbocycles. The van der Waals surface area contributed by atoms with Crippen LogP contribution in [0.1, 0.15) is 38.7 Å². The molecule has 0 aliphatic carbocycles. The van der Waals surface area contributed by atoms with Gasteiger partial charge in [0.1, 0.15) is 0 Å². The topological polar surface area (TPSA) is 58.4 Å². The fraction of sp³-hybridized carbons (Fsp3) is 0.588. The Balaban J connectivity index is 2.30. The van der Waals surface area contributed by atoms with Crippen molar-refractivity contribution in [2.75, 3.05) is 31.2 Å². The van der Waals surface area contributed by atoms with E-state index in [9.17, 15) is 4.79 Å². The van der Waals surface area contributed by atoms with Crippen LogP contribution in [0.2, 0.25) is 0 Å². The van der Waals surface area contributed by atoms with Crippen LogP contribution in [0.25, 0.3) is 0 Å². The Morgan fingerprint density at radius 1 is 1.33 bits per heavy atom. The van der Waals surface area contributed by atoms with Gasteiger partial charge in [0.25, 0.3) is 0 Å². The summed E-state index contributed by atoms with van der Waals surface area (Å²) in [6.07, 6.45) is 2.62. The predicted molar refractivity (Wildman–Crippen MR) is 90.4 cm³/mol. The second kappa shape index (κ2) is 8.67. The monoisotopic (exact) mass is 291 g/mol. The Hall–Kier alpha value is -1.55. The van der Waals surface area contributed by atoms with Gasteiger partial charge in [-0.1, -0.05) is 19.9 Å². The van der Waals surface area contributed by atoms with Gasteiger partial charge in [-0.2, -0.15) is 0 Å². The average Bonchev–Trinajstić information content (AvgIpc) is 2.41. The van der Waals surface area contributed by atoms with Crippen LogP contribution >= 0.6 is 0 Å². The standard InChI is InChI=1S/C17H29N3O/c1-13(2)10-12-20(4)11-6-9-17(21)19-16-8-5-7-15(18)14(16)3/h5,7-8,13H,6,9-12,18H2,1-4H3,(H,19,21). The SMILES string of the molecule is Cc1c(N)cccc1NC(=O)CCCN(C)CCC(C)C. The van der Waals surface area contributed by atoms with Crippen LogP contribution < -0.4 is 11.1 Å². The summed E-state index contributed by atoms with van der Waals surface area (Å²) in [4.78, 5) is 14.2. The molecule has 3 N–H and O–H groups in total. The van der Waals surface area contributed by atoms with Gasteiger partial charge in [0.05, 0.1) is 0 Å². The number of carbonyl (C=O) groups is 1. The van der Waals surface area contributed by atoms with E-state index >= 15 is 0 Å². The molecule has 4 heteroatoms. The summed E-state index contributed by atoms with van der Waals surface area (Å²) in [5.74, 6) is 0.781. The molecule has 21 heavy (non-hydrogen) atoms. The summed E-state index contributed by atoms with van der Waals surface area (Å²) >= 11 is 0. The first-order valence-electron chi connectivity index (χ1n) is 7.73. The van der Waals surface area contributed by atoms with E-state index in [2.05, 4.69) is 31.1 Å². The molecule has 0 fully saturated rings. The van der Waals surface area contributed by atoms with E-state index in [0.29, 0.717) is 12.1 Å². The molecule has 118 valence electrons. The maximum Gasteiger partial charge on any atom is 0.224 e. The van der Waals surface area contributed by atoms with Crippen LogP contribution in [0.3, 0.4) is 0 Å². The van der Waals surface area contributed by atoms with Crippen LogP contribution in [-0.4, -0.2) is 30.9 Å². The molecule has 4 nitrogen and oxygen atoms in total. The first-order chi connectivity index (χ1) is 9.90. The fourth-order valence-electron chi connectivity index (χ4n) is 2.10. The van der Waals surface area contributed by atoms with Crippen molar-refractivity contribution in [1.82, 2.24) is 4.90 Å². The van der Waals surface area contributed by atoms with Gasteiger partial charge in [0.2, 0.25) is 5.91 Å². The number of carbonyl (C=O) groups excluding carboxylic acids is 1. The third kappa shape index (κ3) is 6.63. The summed E-state index contributed by atoms with van der Waals surface area (Å²) in [6, 6.07) is 5.59. The van der Waals surface area contributed by atoms with Crippen LogP contribution in [-0.2, 0) is 4.79 Å². The van der Waals surface area contributed by atoms with Crippen LogP contribution in [0.5, 0.6) is 0 Å². The third-order valence-electron chi connectivity index (χ3n) is 3.68. The zero-order valence-corrected chi connectivity index (χ0v) is 13.8. The zero-order valence-electron chi connectivity index (χ0n) is 13.8. The number of nitrogens with two attached hydrogens (primary N) is 1. The highest BCUT2D eigenvalue weighted by molar-refractivity contribution is 5.92. The molecule has 0 heterocycles. The molecule has 1 aromatic rings. The van der Waals surface area contributed by atoms with E-state index in [-0.39, 0.29) is 5.91 Å². The van der Waals surface area contributed by atoms with Gasteiger partial charge in [-0.25, -0.2) is 0 Å². The van der Waals surface area contributed by atoms with E-state index < -0.39 is 0 Å². The van der Waals surface area contributed by atoms with E-state index in [1.54, 1.807) is 0 Å². The van der Waals surface area contributed by atoms with Crippen molar-refractivity contribution in [3.63, 3.8) is 0 Å². The Morgan fingerprint density at radius 3 is 2.71 bits per heavy atom. The Morgan fingerprint density at radius 2 is 2.05 bits per heavy atom. The molecular weight excluding hydrogens is 262 g/mol. The second-order valence-corrected chi connectivity index (χ2v) is 6.16. The Bertz CT molecular complexity index is 457. The summed E-state index contributed by atoms with van der Waals surface area (Å²) in [6.45, 7) is 8.43. The highest BCUT2D eigenvalue weighted by atomic mass is 16.1. The fourth-order valence-corrected chi connectivity index (χ4v) is 2.10. The lowest BCUT2D eigenvalue weighted by molar-refractivity contribution is -0.116. The summed E-state index contributed by atoms with van der Waals surface area (Å²) in [5.41, 5.74) is 8.29. The van der Waals surface area contributed by atoms with Crippen molar-refractivity contribution in [2.24, 2.45) is 5.92 Å². The minimum absolute atomic E-state index is 0.0564. The van der Waals surface area contributed by atoms with Crippen molar-refractivity contribution >= 4 is 17.3 Å². The number of rotatable bonds is 8. The molecule has 0 aromatic heterocycles. The van der Waals surface area contributed by atoms with E-state index in [0.717, 1.165) is 36.7 Å². The third-order valence-corrected chi connectivity index (χ3v) is 3.68. The number of hydrogen-bond donors (Lipinski definition) is 2. The molecule has 0 radical (unpaired) electrons. The predicted octanol–water partition coefficient (Wildman–Crippen LogP) is 3.27. The lowest BCUT2D eigenvalue weighted by Crippen LogP contribution is -2.23. The van der Waals surface area contributed by atoms with Crippen LogP contribution in [0.15, 0.2) is 18.2 Å². The number of anilines is 2. The molecule has 1 amide bonds. The first kappa shape index (κ1) is 17.5. The van der Waals surface area contributed by atoms with Gasteiger partial charge in [0, 0.05) is 17.8 Å². The normalized spacial score (nSPS) is 11.1. The largest absolute Gasteiger partial charge is 0.398 e. The van der Waals surface area contributed by atoms with Crippen LogP contribution in [0, 0.1) is 12.8 Å². The van der Waals surface area contributed by atoms with Crippen molar-refractivity contribution < 1.29 is 4.79 Å². The van der Waals surface area contributed by atoms with Gasteiger partial charge in [-0.15, -0.1) is 0 Å². The van der Waals surface area contributed by atoms with Crippen molar-refractivity contribution in [1.29, 1.82) is 0 Å². The van der Waals surface area contributed by atoms with Gasteiger partial charge in [0.15, 0.2) is 0 Å². The van der Waals surface area contributed by atoms with Crippen LogP contribution in [0.4, 0.5) is 11.4 Å². The quantitative estimate of drug-likeness (QED) is 0.723. The lowest BCUT2D eigenvalue weighted by Gasteiger charge is -2.17. The minimum Gasteiger partial charge on any atom is -0.398 e. The second-order valence-electron chi connectivity index (χ2n) is 6.16. The van der Waals surface area contributed by atoms with Gasteiger partial charge in [-0.3, -0.25) is 4.79 Å².